The lowest BCUT2D eigenvalue weighted by molar-refractivity contribution is 0.452. The van der Waals surface area contributed by atoms with Gasteiger partial charge >= 0.3 is 0 Å². The zero-order valence-corrected chi connectivity index (χ0v) is 9.17. The fraction of sp³-hybridized carbons (Fsp3) is 0.333. The number of nitrogens with zero attached hydrogens (tertiary/aromatic N) is 1. The van der Waals surface area contributed by atoms with Crippen LogP contribution in [-0.2, 0) is 10.0 Å². The van der Waals surface area contributed by atoms with E-state index in [-0.39, 0.29) is 10.6 Å². The molecule has 0 aliphatic carbocycles. The summed E-state index contributed by atoms with van der Waals surface area (Å²) in [5, 5.41) is 9.41. The van der Waals surface area contributed by atoms with Crippen LogP contribution in [0.2, 0.25) is 0 Å². The van der Waals surface area contributed by atoms with Crippen LogP contribution in [0.4, 0.5) is 0 Å². The van der Waals surface area contributed by atoms with Crippen molar-refractivity contribution in [2.75, 3.05) is 14.1 Å². The van der Waals surface area contributed by atoms with Crippen LogP contribution >= 0.6 is 0 Å². The van der Waals surface area contributed by atoms with E-state index >= 15 is 0 Å². The summed E-state index contributed by atoms with van der Waals surface area (Å²) < 4.78 is 24.4. The van der Waals surface area contributed by atoms with E-state index in [2.05, 4.69) is 0 Å². The predicted molar refractivity (Wildman–Crippen MR) is 53.7 cm³/mol. The van der Waals surface area contributed by atoms with Gasteiger partial charge < -0.3 is 5.11 Å². The summed E-state index contributed by atoms with van der Waals surface area (Å²) in [5.41, 5.74) is 0.795. The topological polar surface area (TPSA) is 57.6 Å². The molecule has 1 aromatic rings. The van der Waals surface area contributed by atoms with Crippen molar-refractivity contribution in [3.05, 3.63) is 23.8 Å². The normalized spacial score (nSPS) is 12.0. The smallest absolute Gasteiger partial charge is 0.246 e. The second-order valence-corrected chi connectivity index (χ2v) is 5.38. The van der Waals surface area contributed by atoms with Crippen LogP contribution in [0.25, 0.3) is 0 Å². The molecule has 78 valence electrons. The maximum atomic E-state index is 11.7. The number of benzene rings is 1. The molecule has 0 heterocycles. The third-order valence-electron chi connectivity index (χ3n) is 1.87. The van der Waals surface area contributed by atoms with Crippen LogP contribution in [-0.4, -0.2) is 31.9 Å². The Balaban J connectivity index is 3.40. The van der Waals surface area contributed by atoms with Gasteiger partial charge in [0.2, 0.25) is 10.0 Å². The first kappa shape index (κ1) is 11.0. The molecular formula is C9H13NO3S. The maximum absolute atomic E-state index is 11.7. The predicted octanol–water partition coefficient (Wildman–Crippen LogP) is 0.951. The largest absolute Gasteiger partial charge is 0.507 e. The van der Waals surface area contributed by atoms with E-state index in [1.54, 1.807) is 13.0 Å². The summed E-state index contributed by atoms with van der Waals surface area (Å²) in [7, 11) is -0.691. The molecule has 4 nitrogen and oxygen atoms in total. The molecule has 0 bridgehead atoms. The molecule has 0 saturated carbocycles. The number of rotatable bonds is 2. The highest BCUT2D eigenvalue weighted by atomic mass is 32.2. The van der Waals surface area contributed by atoms with Gasteiger partial charge in [0.15, 0.2) is 0 Å². The Morgan fingerprint density at radius 1 is 1.29 bits per heavy atom. The Kier molecular flexibility index (Phi) is 2.82. The number of aryl methyl sites for hydroxylation is 1. The first-order chi connectivity index (χ1) is 6.35. The zero-order valence-electron chi connectivity index (χ0n) is 8.35. The zero-order chi connectivity index (χ0) is 10.9. The number of hydrogen-bond donors (Lipinski definition) is 1. The molecule has 1 rings (SSSR count). The lowest BCUT2D eigenvalue weighted by Gasteiger charge is -2.12. The van der Waals surface area contributed by atoms with Gasteiger partial charge in [-0.15, -0.1) is 0 Å². The molecule has 1 aromatic carbocycles. The minimum atomic E-state index is -3.55. The maximum Gasteiger partial charge on any atom is 0.246 e. The van der Waals surface area contributed by atoms with Gasteiger partial charge in [-0.05, 0) is 24.6 Å². The molecule has 14 heavy (non-hydrogen) atoms. The molecule has 0 radical (unpaired) electrons. The van der Waals surface area contributed by atoms with Crippen molar-refractivity contribution in [3.8, 4) is 5.75 Å². The first-order valence-electron chi connectivity index (χ1n) is 4.08. The average Bonchev–Trinajstić information content (AvgIpc) is 2.08. The van der Waals surface area contributed by atoms with E-state index in [0.717, 1.165) is 9.87 Å². The lowest BCUT2D eigenvalue weighted by Crippen LogP contribution is -2.22. The van der Waals surface area contributed by atoms with E-state index in [4.69, 9.17) is 0 Å². The third kappa shape index (κ3) is 1.88. The summed E-state index contributed by atoms with van der Waals surface area (Å²) in [4.78, 5) is -0.0532. The van der Waals surface area contributed by atoms with Gasteiger partial charge in [-0.3, -0.25) is 0 Å². The summed E-state index contributed by atoms with van der Waals surface area (Å²) in [6, 6.07) is 4.49. The van der Waals surface area contributed by atoms with Crippen LogP contribution < -0.4 is 0 Å². The van der Waals surface area contributed by atoms with Gasteiger partial charge in [0, 0.05) is 14.1 Å². The number of phenolic OH excluding ortho intramolecular Hbond substituents is 1. The molecule has 0 aliphatic heterocycles. The Morgan fingerprint density at radius 2 is 1.86 bits per heavy atom. The van der Waals surface area contributed by atoms with Gasteiger partial charge in [0.1, 0.15) is 10.6 Å². The van der Waals surface area contributed by atoms with Crippen LogP contribution in [0.5, 0.6) is 5.75 Å². The highest BCUT2D eigenvalue weighted by molar-refractivity contribution is 7.89. The van der Waals surface area contributed by atoms with Crippen molar-refractivity contribution in [2.45, 2.75) is 11.8 Å². The molecule has 5 heteroatoms. The van der Waals surface area contributed by atoms with Crippen molar-refractivity contribution in [1.29, 1.82) is 0 Å². The molecule has 0 aromatic heterocycles. The fourth-order valence-corrected chi connectivity index (χ4v) is 2.09. The van der Waals surface area contributed by atoms with Crippen LogP contribution in [0, 0.1) is 6.92 Å². The van der Waals surface area contributed by atoms with Gasteiger partial charge in [-0.25, -0.2) is 12.7 Å². The van der Waals surface area contributed by atoms with E-state index in [1.165, 1.54) is 26.2 Å². The molecule has 0 aliphatic rings. The van der Waals surface area contributed by atoms with Crippen molar-refractivity contribution in [2.24, 2.45) is 0 Å². The number of sulfonamides is 1. The van der Waals surface area contributed by atoms with Gasteiger partial charge in [0.25, 0.3) is 0 Å². The van der Waals surface area contributed by atoms with E-state index in [9.17, 15) is 13.5 Å². The van der Waals surface area contributed by atoms with E-state index in [0.29, 0.717) is 0 Å². The summed E-state index contributed by atoms with van der Waals surface area (Å²) in [6.45, 7) is 1.77. The second kappa shape index (κ2) is 3.59. The summed E-state index contributed by atoms with van der Waals surface area (Å²) in [6.07, 6.45) is 0. The van der Waals surface area contributed by atoms with Crippen molar-refractivity contribution in [3.63, 3.8) is 0 Å². The molecule has 0 spiro atoms. The number of hydrogen-bond acceptors (Lipinski definition) is 3. The summed E-state index contributed by atoms with van der Waals surface area (Å²) in [5.74, 6) is -0.218. The molecule has 1 N–H and O–H groups in total. The molecule has 0 atom stereocenters. The Hall–Kier alpha value is -1.07. The van der Waals surface area contributed by atoms with E-state index < -0.39 is 10.0 Å². The molecular weight excluding hydrogens is 202 g/mol. The highest BCUT2D eigenvalue weighted by Crippen LogP contribution is 2.25. The molecule has 0 saturated heterocycles. The SMILES string of the molecule is Cc1ccc(O)c(S(=O)(=O)N(C)C)c1. The number of aromatic hydroxyl groups is 1. The Bertz CT molecular complexity index is 437. The highest BCUT2D eigenvalue weighted by Gasteiger charge is 2.20. The van der Waals surface area contributed by atoms with Crippen LogP contribution in [0.3, 0.4) is 0 Å². The van der Waals surface area contributed by atoms with Crippen LogP contribution in [0.1, 0.15) is 5.56 Å². The van der Waals surface area contributed by atoms with Gasteiger partial charge in [-0.1, -0.05) is 6.07 Å². The van der Waals surface area contributed by atoms with Crippen LogP contribution in [0.15, 0.2) is 23.1 Å². The number of phenols is 1. The molecule has 0 unspecified atom stereocenters. The fourth-order valence-electron chi connectivity index (χ4n) is 1.02. The van der Waals surface area contributed by atoms with Crippen molar-refractivity contribution >= 4 is 10.0 Å². The molecule has 0 amide bonds. The van der Waals surface area contributed by atoms with Crippen molar-refractivity contribution in [1.82, 2.24) is 4.31 Å². The van der Waals surface area contributed by atoms with E-state index in [1.807, 2.05) is 0 Å². The molecule has 0 fully saturated rings. The minimum absolute atomic E-state index is 0.0532. The first-order valence-corrected chi connectivity index (χ1v) is 5.52. The second-order valence-electron chi connectivity index (χ2n) is 3.26. The van der Waals surface area contributed by atoms with Gasteiger partial charge in [0.05, 0.1) is 0 Å². The minimum Gasteiger partial charge on any atom is -0.507 e. The Morgan fingerprint density at radius 3 is 2.36 bits per heavy atom. The monoisotopic (exact) mass is 215 g/mol. The third-order valence-corrected chi connectivity index (χ3v) is 3.72. The quantitative estimate of drug-likeness (QED) is 0.799. The Labute approximate surface area is 83.8 Å². The summed E-state index contributed by atoms with van der Waals surface area (Å²) >= 11 is 0. The standard InChI is InChI=1S/C9H13NO3S/c1-7-4-5-8(11)9(6-7)14(12,13)10(2)3/h4-6,11H,1-3H3. The van der Waals surface area contributed by atoms with Crippen molar-refractivity contribution < 1.29 is 13.5 Å². The average molecular weight is 215 g/mol. The van der Waals surface area contributed by atoms with Gasteiger partial charge in [-0.2, -0.15) is 0 Å². The lowest BCUT2D eigenvalue weighted by atomic mass is 10.2.